The van der Waals surface area contributed by atoms with E-state index in [2.05, 4.69) is 5.32 Å². The van der Waals surface area contributed by atoms with Crippen LogP contribution in [0.2, 0.25) is 0 Å². The number of likely N-dealkylation sites (tertiary alicyclic amines) is 1. The predicted octanol–water partition coefficient (Wildman–Crippen LogP) is 1.76. The predicted molar refractivity (Wildman–Crippen MR) is 93.7 cm³/mol. The van der Waals surface area contributed by atoms with Crippen LogP contribution in [-0.4, -0.2) is 48.6 Å². The van der Waals surface area contributed by atoms with Crippen molar-refractivity contribution in [2.75, 3.05) is 26.3 Å². The molecule has 0 bridgehead atoms. The molecule has 1 N–H and O–H groups in total. The lowest BCUT2D eigenvalue weighted by molar-refractivity contribution is -0.132. The topological polar surface area (TPSA) is 67.9 Å². The Balaban J connectivity index is 1.49. The summed E-state index contributed by atoms with van der Waals surface area (Å²) in [4.78, 5) is 26.2. The summed E-state index contributed by atoms with van der Waals surface area (Å²) in [6.07, 6.45) is 1.01. The van der Waals surface area contributed by atoms with Gasteiger partial charge >= 0.3 is 0 Å². The Morgan fingerprint density at radius 2 is 1.96 bits per heavy atom. The molecule has 2 aliphatic rings. The summed E-state index contributed by atoms with van der Waals surface area (Å²) < 4.78 is 11.1. The van der Waals surface area contributed by atoms with E-state index in [9.17, 15) is 9.59 Å². The van der Waals surface area contributed by atoms with Crippen LogP contribution >= 0.6 is 0 Å². The van der Waals surface area contributed by atoms with E-state index >= 15 is 0 Å². The number of hydrogen-bond acceptors (Lipinski definition) is 4. The van der Waals surface area contributed by atoms with E-state index in [0.717, 1.165) is 17.1 Å². The molecule has 2 amide bonds. The highest BCUT2D eigenvalue weighted by atomic mass is 16.6. The van der Waals surface area contributed by atoms with Gasteiger partial charge < -0.3 is 19.7 Å². The summed E-state index contributed by atoms with van der Waals surface area (Å²) in [6.45, 7) is 8.16. The molecule has 6 nitrogen and oxygen atoms in total. The highest BCUT2D eigenvalue weighted by molar-refractivity contribution is 5.89. The third-order valence-corrected chi connectivity index (χ3v) is 4.63. The SMILES string of the molecule is CC(C)(C)N1CC(C(=O)NCCc2ccc3c(c2)OCCO3)CC1=O. The zero-order valence-corrected chi connectivity index (χ0v) is 15.1. The summed E-state index contributed by atoms with van der Waals surface area (Å²) in [5, 5.41) is 2.96. The van der Waals surface area contributed by atoms with Crippen molar-refractivity contribution in [3.05, 3.63) is 23.8 Å². The van der Waals surface area contributed by atoms with Crippen LogP contribution in [0, 0.1) is 5.92 Å². The van der Waals surface area contributed by atoms with Gasteiger partial charge in [0.1, 0.15) is 13.2 Å². The molecule has 1 atom stereocenters. The molecule has 1 fully saturated rings. The van der Waals surface area contributed by atoms with Crippen LogP contribution in [0.25, 0.3) is 0 Å². The maximum absolute atomic E-state index is 12.4. The minimum absolute atomic E-state index is 0.0438. The number of carbonyl (C=O) groups is 2. The van der Waals surface area contributed by atoms with Crippen molar-refractivity contribution in [3.8, 4) is 11.5 Å². The molecule has 0 radical (unpaired) electrons. The summed E-state index contributed by atoms with van der Waals surface area (Å²) >= 11 is 0. The number of benzene rings is 1. The average molecular weight is 346 g/mol. The largest absolute Gasteiger partial charge is 0.486 e. The number of rotatable bonds is 4. The Bertz CT molecular complexity index is 666. The van der Waals surface area contributed by atoms with Crippen molar-refractivity contribution < 1.29 is 19.1 Å². The van der Waals surface area contributed by atoms with Crippen LogP contribution < -0.4 is 14.8 Å². The first kappa shape index (κ1) is 17.6. The smallest absolute Gasteiger partial charge is 0.225 e. The Kier molecular flexibility index (Phi) is 4.88. The standard InChI is InChI=1S/C19H26N2O4/c1-19(2,3)21-12-14(11-17(21)22)18(23)20-7-6-13-4-5-15-16(10-13)25-9-8-24-15/h4-5,10,14H,6-9,11-12H2,1-3H3,(H,20,23). The maximum Gasteiger partial charge on any atom is 0.225 e. The van der Waals surface area contributed by atoms with Crippen molar-refractivity contribution in [1.82, 2.24) is 10.2 Å². The minimum atomic E-state index is -0.257. The summed E-state index contributed by atoms with van der Waals surface area (Å²) in [7, 11) is 0. The minimum Gasteiger partial charge on any atom is -0.486 e. The molecule has 25 heavy (non-hydrogen) atoms. The molecule has 0 aliphatic carbocycles. The third-order valence-electron chi connectivity index (χ3n) is 4.63. The van der Waals surface area contributed by atoms with Crippen LogP contribution in [0.3, 0.4) is 0 Å². The summed E-state index contributed by atoms with van der Waals surface area (Å²) in [5.41, 5.74) is 0.848. The van der Waals surface area contributed by atoms with Gasteiger partial charge in [0.05, 0.1) is 5.92 Å². The van der Waals surface area contributed by atoms with Crippen LogP contribution in [0.15, 0.2) is 18.2 Å². The van der Waals surface area contributed by atoms with Gasteiger partial charge in [0, 0.05) is 25.0 Å². The molecule has 2 heterocycles. The van der Waals surface area contributed by atoms with Crippen molar-refractivity contribution in [3.63, 3.8) is 0 Å². The summed E-state index contributed by atoms with van der Waals surface area (Å²) in [5.74, 6) is 1.28. The second-order valence-corrected chi connectivity index (χ2v) is 7.60. The molecule has 1 saturated heterocycles. The maximum atomic E-state index is 12.4. The van der Waals surface area contributed by atoms with Gasteiger partial charge in [-0.1, -0.05) is 6.07 Å². The molecule has 3 rings (SSSR count). The van der Waals surface area contributed by atoms with E-state index in [0.29, 0.717) is 39.1 Å². The number of ether oxygens (including phenoxy) is 2. The van der Waals surface area contributed by atoms with E-state index in [1.54, 1.807) is 4.90 Å². The van der Waals surface area contributed by atoms with Gasteiger partial charge in [-0.15, -0.1) is 0 Å². The number of nitrogens with zero attached hydrogens (tertiary/aromatic N) is 1. The average Bonchev–Trinajstić information content (AvgIpc) is 2.97. The normalized spacial score (nSPS) is 19.9. The van der Waals surface area contributed by atoms with Gasteiger partial charge in [-0.25, -0.2) is 0 Å². The Hall–Kier alpha value is -2.24. The van der Waals surface area contributed by atoms with Crippen LogP contribution in [0.1, 0.15) is 32.8 Å². The highest BCUT2D eigenvalue weighted by Crippen LogP contribution is 2.31. The molecule has 1 aromatic carbocycles. The van der Waals surface area contributed by atoms with E-state index in [1.807, 2.05) is 39.0 Å². The van der Waals surface area contributed by atoms with Crippen molar-refractivity contribution in [2.45, 2.75) is 39.2 Å². The lowest BCUT2D eigenvalue weighted by Crippen LogP contribution is -2.43. The molecule has 1 unspecified atom stereocenters. The number of fused-ring (bicyclic) bond motifs is 1. The van der Waals surface area contributed by atoms with Crippen molar-refractivity contribution in [2.24, 2.45) is 5.92 Å². The number of hydrogen-bond donors (Lipinski definition) is 1. The zero-order chi connectivity index (χ0) is 18.0. The Morgan fingerprint density at radius 1 is 1.24 bits per heavy atom. The number of carbonyl (C=O) groups excluding carboxylic acids is 2. The van der Waals surface area contributed by atoms with E-state index < -0.39 is 0 Å². The molecular formula is C19H26N2O4. The molecule has 0 aromatic heterocycles. The Morgan fingerprint density at radius 3 is 2.64 bits per heavy atom. The van der Waals surface area contributed by atoms with Gasteiger partial charge in [-0.3, -0.25) is 9.59 Å². The van der Waals surface area contributed by atoms with Gasteiger partial charge in [0.15, 0.2) is 11.5 Å². The quantitative estimate of drug-likeness (QED) is 0.902. The first-order chi connectivity index (χ1) is 11.8. The van der Waals surface area contributed by atoms with Crippen LogP contribution in [0.5, 0.6) is 11.5 Å². The van der Waals surface area contributed by atoms with Gasteiger partial charge in [0.2, 0.25) is 11.8 Å². The van der Waals surface area contributed by atoms with Crippen molar-refractivity contribution >= 4 is 11.8 Å². The molecular weight excluding hydrogens is 320 g/mol. The van der Waals surface area contributed by atoms with Crippen molar-refractivity contribution in [1.29, 1.82) is 0 Å². The molecule has 0 saturated carbocycles. The summed E-state index contributed by atoms with van der Waals surface area (Å²) in [6, 6.07) is 5.85. The fourth-order valence-corrected chi connectivity index (χ4v) is 3.25. The molecule has 2 aliphatic heterocycles. The van der Waals surface area contributed by atoms with E-state index in [-0.39, 0.29) is 23.3 Å². The van der Waals surface area contributed by atoms with Crippen LogP contribution in [0.4, 0.5) is 0 Å². The first-order valence-electron chi connectivity index (χ1n) is 8.81. The second kappa shape index (κ2) is 6.94. The lowest BCUT2D eigenvalue weighted by atomic mass is 10.1. The number of amides is 2. The van der Waals surface area contributed by atoms with E-state index in [4.69, 9.17) is 9.47 Å². The molecule has 136 valence electrons. The molecule has 1 aromatic rings. The third kappa shape index (κ3) is 4.06. The van der Waals surface area contributed by atoms with E-state index in [1.165, 1.54) is 0 Å². The highest BCUT2D eigenvalue weighted by Gasteiger charge is 2.39. The number of nitrogens with one attached hydrogen (secondary N) is 1. The van der Waals surface area contributed by atoms with Crippen LogP contribution in [-0.2, 0) is 16.0 Å². The zero-order valence-electron chi connectivity index (χ0n) is 15.1. The molecule has 0 spiro atoms. The first-order valence-corrected chi connectivity index (χ1v) is 8.81. The monoisotopic (exact) mass is 346 g/mol. The molecule has 6 heteroatoms. The lowest BCUT2D eigenvalue weighted by Gasteiger charge is -2.31. The Labute approximate surface area is 148 Å². The van der Waals surface area contributed by atoms with Gasteiger partial charge in [-0.2, -0.15) is 0 Å². The van der Waals surface area contributed by atoms with Gasteiger partial charge in [-0.05, 0) is 44.9 Å². The second-order valence-electron chi connectivity index (χ2n) is 7.60. The fraction of sp³-hybridized carbons (Fsp3) is 0.579. The fourth-order valence-electron chi connectivity index (χ4n) is 3.25. The van der Waals surface area contributed by atoms with Gasteiger partial charge in [0.25, 0.3) is 0 Å².